The molecule has 1 amide bonds. The number of amides is 1. The van der Waals surface area contributed by atoms with Gasteiger partial charge in [0.1, 0.15) is 11.5 Å². The van der Waals surface area contributed by atoms with E-state index in [2.05, 4.69) is 14.9 Å². The topological polar surface area (TPSA) is 126 Å². The summed E-state index contributed by atoms with van der Waals surface area (Å²) < 4.78 is 1.82. The van der Waals surface area contributed by atoms with Crippen LogP contribution >= 0.6 is 0 Å². The van der Waals surface area contributed by atoms with Crippen LogP contribution in [0.4, 0.5) is 0 Å². The summed E-state index contributed by atoms with van der Waals surface area (Å²) >= 11 is 0. The number of fused-ring (bicyclic) bond motifs is 1. The Morgan fingerprint density at radius 1 is 1.14 bits per heavy atom. The summed E-state index contributed by atoms with van der Waals surface area (Å²) in [5, 5.41) is 0.174. The highest BCUT2D eigenvalue weighted by Crippen LogP contribution is 2.33. The number of primary amides is 1. The number of aromatic nitrogens is 3. The first-order valence-corrected chi connectivity index (χ1v) is 8.96. The Labute approximate surface area is 166 Å². The fourth-order valence-corrected chi connectivity index (χ4v) is 3.18. The standard InChI is InChI=1S/C20H20N4O5/c1-4-14-15(17(26)18(21)27)16-19(24(14)10-13-8-6-5-7-9-13)22-11(2)23-20(16)29-28-12(3)25/h5-9H,4,10H2,1-3H3,(H2,21,27). The van der Waals surface area contributed by atoms with Crippen LogP contribution in [-0.4, -0.2) is 32.2 Å². The molecule has 29 heavy (non-hydrogen) atoms. The average molecular weight is 396 g/mol. The molecule has 2 aromatic heterocycles. The van der Waals surface area contributed by atoms with E-state index in [0.29, 0.717) is 30.1 Å². The number of ketones is 1. The maximum Gasteiger partial charge on any atom is 0.352 e. The van der Waals surface area contributed by atoms with Gasteiger partial charge in [-0.1, -0.05) is 37.3 Å². The van der Waals surface area contributed by atoms with Crippen molar-refractivity contribution in [3.05, 3.63) is 53.0 Å². The van der Waals surface area contributed by atoms with E-state index < -0.39 is 17.7 Å². The fourth-order valence-electron chi connectivity index (χ4n) is 3.18. The first-order chi connectivity index (χ1) is 13.8. The van der Waals surface area contributed by atoms with E-state index in [1.54, 1.807) is 6.92 Å². The van der Waals surface area contributed by atoms with E-state index in [1.807, 2.05) is 41.8 Å². The second-order valence-electron chi connectivity index (χ2n) is 6.37. The molecule has 0 atom stereocenters. The number of Topliss-reactive ketones (excluding diaryl/α,β-unsaturated/α-hetero) is 1. The van der Waals surface area contributed by atoms with Gasteiger partial charge in [-0.15, -0.1) is 0 Å². The molecule has 0 saturated heterocycles. The zero-order valence-corrected chi connectivity index (χ0v) is 16.3. The number of hydrogen-bond donors (Lipinski definition) is 1. The number of benzene rings is 1. The molecule has 3 rings (SSSR count). The van der Waals surface area contributed by atoms with Crippen LogP contribution < -0.4 is 10.6 Å². The predicted molar refractivity (Wildman–Crippen MR) is 103 cm³/mol. The normalized spacial score (nSPS) is 10.7. The van der Waals surface area contributed by atoms with E-state index in [0.717, 1.165) is 5.56 Å². The summed E-state index contributed by atoms with van der Waals surface area (Å²) in [6.07, 6.45) is 0.420. The molecule has 1 aromatic carbocycles. The van der Waals surface area contributed by atoms with Gasteiger partial charge in [0.05, 0.1) is 10.9 Å². The summed E-state index contributed by atoms with van der Waals surface area (Å²) in [5.41, 5.74) is 7.23. The van der Waals surface area contributed by atoms with Crippen LogP contribution in [0.15, 0.2) is 30.3 Å². The molecule has 0 bridgehead atoms. The lowest BCUT2D eigenvalue weighted by atomic mass is 10.1. The van der Waals surface area contributed by atoms with Crippen LogP contribution in [0.2, 0.25) is 0 Å². The van der Waals surface area contributed by atoms with E-state index >= 15 is 0 Å². The zero-order valence-electron chi connectivity index (χ0n) is 16.3. The molecule has 9 heteroatoms. The lowest BCUT2D eigenvalue weighted by Crippen LogP contribution is -2.24. The van der Waals surface area contributed by atoms with E-state index in [4.69, 9.17) is 10.6 Å². The SMILES string of the molecule is CCc1c(C(=O)C(N)=O)c2c(OOC(C)=O)nc(C)nc2n1Cc1ccccc1. The minimum Gasteiger partial charge on any atom is -0.363 e. The Morgan fingerprint density at radius 2 is 1.83 bits per heavy atom. The molecule has 0 unspecified atom stereocenters. The van der Waals surface area contributed by atoms with Crippen molar-refractivity contribution in [2.45, 2.75) is 33.7 Å². The van der Waals surface area contributed by atoms with Crippen LogP contribution in [0.3, 0.4) is 0 Å². The van der Waals surface area contributed by atoms with Gasteiger partial charge in [-0.2, -0.15) is 4.98 Å². The van der Waals surface area contributed by atoms with Crippen LogP contribution in [0.25, 0.3) is 11.0 Å². The van der Waals surface area contributed by atoms with Crippen molar-refractivity contribution < 1.29 is 24.2 Å². The summed E-state index contributed by atoms with van der Waals surface area (Å²) in [6, 6.07) is 9.57. The van der Waals surface area contributed by atoms with Gasteiger partial charge in [-0.25, -0.2) is 14.7 Å². The van der Waals surface area contributed by atoms with Gasteiger partial charge < -0.3 is 10.3 Å². The van der Waals surface area contributed by atoms with Crippen molar-refractivity contribution in [2.75, 3.05) is 0 Å². The molecular weight excluding hydrogens is 376 g/mol. The summed E-state index contributed by atoms with van der Waals surface area (Å²) in [6.45, 7) is 5.05. The largest absolute Gasteiger partial charge is 0.363 e. The van der Waals surface area contributed by atoms with Crippen molar-refractivity contribution in [1.29, 1.82) is 0 Å². The zero-order chi connectivity index (χ0) is 21.1. The summed E-state index contributed by atoms with van der Waals surface area (Å²) in [5.74, 6) is -2.49. The molecule has 0 spiro atoms. The van der Waals surface area contributed by atoms with Crippen molar-refractivity contribution in [3.63, 3.8) is 0 Å². The van der Waals surface area contributed by atoms with Crippen molar-refractivity contribution in [1.82, 2.24) is 14.5 Å². The van der Waals surface area contributed by atoms with Gasteiger partial charge >= 0.3 is 5.97 Å². The number of aryl methyl sites for hydroxylation is 1. The molecule has 2 heterocycles. The first-order valence-electron chi connectivity index (χ1n) is 8.96. The number of carbonyl (C=O) groups excluding carboxylic acids is 3. The van der Waals surface area contributed by atoms with Crippen LogP contribution in [0.1, 0.15) is 41.3 Å². The van der Waals surface area contributed by atoms with E-state index in [1.165, 1.54) is 6.92 Å². The molecule has 0 saturated carbocycles. The third-order valence-corrected chi connectivity index (χ3v) is 4.30. The minimum absolute atomic E-state index is 0.0492. The molecule has 0 radical (unpaired) electrons. The van der Waals surface area contributed by atoms with E-state index in [-0.39, 0.29) is 16.8 Å². The maximum absolute atomic E-state index is 12.7. The highest BCUT2D eigenvalue weighted by molar-refractivity contribution is 6.45. The number of nitrogens with zero attached hydrogens (tertiary/aromatic N) is 3. The molecular formula is C20H20N4O5. The highest BCUT2D eigenvalue weighted by Gasteiger charge is 2.30. The van der Waals surface area contributed by atoms with Gasteiger partial charge in [0.15, 0.2) is 0 Å². The minimum atomic E-state index is -1.11. The Balaban J connectivity index is 2.33. The first kappa shape index (κ1) is 20.0. The fraction of sp³-hybridized carbons (Fsp3) is 0.250. The summed E-state index contributed by atoms with van der Waals surface area (Å²) in [4.78, 5) is 53.9. The maximum atomic E-state index is 12.7. The molecule has 0 aliphatic carbocycles. The van der Waals surface area contributed by atoms with Crippen molar-refractivity contribution in [2.24, 2.45) is 5.73 Å². The van der Waals surface area contributed by atoms with Crippen LogP contribution in [0.5, 0.6) is 5.88 Å². The molecule has 3 aromatic rings. The number of nitrogens with two attached hydrogens (primary N) is 1. The number of carbonyl (C=O) groups is 3. The second kappa shape index (κ2) is 8.09. The van der Waals surface area contributed by atoms with Gasteiger partial charge in [-0.05, 0) is 18.9 Å². The summed E-state index contributed by atoms with van der Waals surface area (Å²) in [7, 11) is 0. The molecule has 0 aliphatic rings. The van der Waals surface area contributed by atoms with Crippen LogP contribution in [-0.2, 0) is 27.4 Å². The molecule has 0 aliphatic heterocycles. The lowest BCUT2D eigenvalue weighted by Gasteiger charge is -2.10. The van der Waals surface area contributed by atoms with Gasteiger partial charge in [0.25, 0.3) is 17.6 Å². The lowest BCUT2D eigenvalue weighted by molar-refractivity contribution is -0.211. The average Bonchev–Trinajstić information content (AvgIpc) is 2.99. The Hall–Kier alpha value is -3.75. The monoisotopic (exact) mass is 396 g/mol. The Morgan fingerprint density at radius 3 is 2.41 bits per heavy atom. The van der Waals surface area contributed by atoms with Crippen molar-refractivity contribution >= 4 is 28.7 Å². The predicted octanol–water partition coefficient (Wildman–Crippen LogP) is 1.88. The molecule has 150 valence electrons. The van der Waals surface area contributed by atoms with Gasteiger partial charge in [0.2, 0.25) is 0 Å². The quantitative estimate of drug-likeness (QED) is 0.280. The van der Waals surface area contributed by atoms with Gasteiger partial charge in [-0.3, -0.25) is 14.5 Å². The number of hydrogen-bond acceptors (Lipinski definition) is 7. The third-order valence-electron chi connectivity index (χ3n) is 4.30. The third kappa shape index (κ3) is 3.93. The molecule has 9 nitrogen and oxygen atoms in total. The van der Waals surface area contributed by atoms with Crippen molar-refractivity contribution in [3.8, 4) is 5.88 Å². The molecule has 0 fully saturated rings. The Kier molecular flexibility index (Phi) is 5.58. The van der Waals surface area contributed by atoms with E-state index in [9.17, 15) is 14.4 Å². The second-order valence-corrected chi connectivity index (χ2v) is 6.37. The van der Waals surface area contributed by atoms with Crippen LogP contribution in [0, 0.1) is 6.92 Å². The number of rotatable bonds is 7. The van der Waals surface area contributed by atoms with Gasteiger partial charge in [0, 0.05) is 19.2 Å². The smallest absolute Gasteiger partial charge is 0.352 e. The Bertz CT molecular complexity index is 1110. The highest BCUT2D eigenvalue weighted by atomic mass is 17.2. The molecule has 2 N–H and O–H groups in total.